The van der Waals surface area contributed by atoms with Crippen molar-refractivity contribution in [2.75, 3.05) is 23.8 Å². The number of hydrogen-bond acceptors (Lipinski definition) is 5. The number of rotatable bonds is 5. The molecule has 0 aliphatic carbocycles. The average molecular weight is 307 g/mol. The summed E-state index contributed by atoms with van der Waals surface area (Å²) in [5, 5.41) is 22.9. The van der Waals surface area contributed by atoms with E-state index in [1.165, 1.54) is 17.9 Å². The second-order valence-electron chi connectivity index (χ2n) is 5.42. The lowest BCUT2D eigenvalue weighted by Crippen LogP contribution is -2.29. The molecule has 1 aromatic rings. The third-order valence-electron chi connectivity index (χ3n) is 3.67. The highest BCUT2D eigenvalue weighted by Gasteiger charge is 2.25. The Kier molecular flexibility index (Phi) is 4.30. The first-order chi connectivity index (χ1) is 10.3. The largest absolute Gasteiger partial charge is 0.481 e. The number of aryl methyl sites for hydroxylation is 1. The van der Waals surface area contributed by atoms with E-state index in [9.17, 15) is 19.7 Å². The fraction of sp³-hybridized carbons (Fsp3) is 0.429. The molecule has 0 fully saturated rings. The number of fused-ring (bicyclic) bond motifs is 1. The van der Waals surface area contributed by atoms with Gasteiger partial charge in [0.25, 0.3) is 5.69 Å². The van der Waals surface area contributed by atoms with Crippen molar-refractivity contribution < 1.29 is 19.6 Å². The van der Waals surface area contributed by atoms with Gasteiger partial charge in [-0.25, -0.2) is 0 Å². The third kappa shape index (κ3) is 3.16. The minimum Gasteiger partial charge on any atom is -0.481 e. The number of carboxylic acid groups (broad SMARTS) is 1. The van der Waals surface area contributed by atoms with Crippen LogP contribution in [0.15, 0.2) is 12.1 Å². The van der Waals surface area contributed by atoms with Crippen molar-refractivity contribution >= 4 is 28.9 Å². The van der Waals surface area contributed by atoms with Crippen molar-refractivity contribution in [1.29, 1.82) is 0 Å². The van der Waals surface area contributed by atoms with Crippen molar-refractivity contribution in [2.24, 2.45) is 5.92 Å². The van der Waals surface area contributed by atoms with Gasteiger partial charge in [0.15, 0.2) is 0 Å². The summed E-state index contributed by atoms with van der Waals surface area (Å²) in [6, 6.07) is 2.99. The predicted molar refractivity (Wildman–Crippen MR) is 80.1 cm³/mol. The maximum Gasteiger partial charge on any atom is 0.308 e. The van der Waals surface area contributed by atoms with E-state index in [0.29, 0.717) is 24.2 Å². The molecule has 8 heteroatoms. The van der Waals surface area contributed by atoms with Crippen LogP contribution in [0.4, 0.5) is 17.1 Å². The van der Waals surface area contributed by atoms with Crippen molar-refractivity contribution in [2.45, 2.75) is 19.8 Å². The lowest BCUT2D eigenvalue weighted by molar-refractivity contribution is -0.384. The van der Waals surface area contributed by atoms with Crippen LogP contribution in [0.2, 0.25) is 0 Å². The van der Waals surface area contributed by atoms with Gasteiger partial charge in [0.05, 0.1) is 10.8 Å². The molecular formula is C14H17N3O5. The first-order valence-corrected chi connectivity index (χ1v) is 6.84. The Labute approximate surface area is 126 Å². The Morgan fingerprint density at radius 2 is 2.18 bits per heavy atom. The SMILES string of the molecule is CC(CN(C)c1cc2c(cc1[N+](=O)[O-])CCC(=O)N2)C(=O)O. The van der Waals surface area contributed by atoms with Crippen molar-refractivity contribution in [3.8, 4) is 0 Å². The van der Waals surface area contributed by atoms with Gasteiger partial charge in [-0.2, -0.15) is 0 Å². The molecule has 0 saturated carbocycles. The normalized spacial score (nSPS) is 14.7. The molecule has 2 rings (SSSR count). The molecule has 22 heavy (non-hydrogen) atoms. The number of carboxylic acids is 1. The third-order valence-corrected chi connectivity index (χ3v) is 3.67. The smallest absolute Gasteiger partial charge is 0.308 e. The number of nitro benzene ring substituents is 1. The van der Waals surface area contributed by atoms with E-state index in [1.807, 2.05) is 0 Å². The minimum absolute atomic E-state index is 0.0880. The van der Waals surface area contributed by atoms with Crippen LogP contribution < -0.4 is 10.2 Å². The molecule has 0 spiro atoms. The predicted octanol–water partition coefficient (Wildman–Crippen LogP) is 1.64. The van der Waals surface area contributed by atoms with Gasteiger partial charge in [-0.1, -0.05) is 6.92 Å². The van der Waals surface area contributed by atoms with Crippen LogP contribution in [0, 0.1) is 16.0 Å². The monoisotopic (exact) mass is 307 g/mol. The van der Waals surface area contributed by atoms with Gasteiger partial charge in [0, 0.05) is 31.8 Å². The van der Waals surface area contributed by atoms with Crippen LogP contribution in [0.3, 0.4) is 0 Å². The molecule has 1 aliphatic rings. The van der Waals surface area contributed by atoms with Crippen molar-refractivity contribution in [3.63, 3.8) is 0 Å². The lowest BCUT2D eigenvalue weighted by atomic mass is 10.0. The van der Waals surface area contributed by atoms with Crippen LogP contribution in [0.1, 0.15) is 18.9 Å². The van der Waals surface area contributed by atoms with Gasteiger partial charge >= 0.3 is 5.97 Å². The highest BCUT2D eigenvalue weighted by Crippen LogP contribution is 2.36. The van der Waals surface area contributed by atoms with Crippen molar-refractivity contribution in [1.82, 2.24) is 0 Å². The summed E-state index contributed by atoms with van der Waals surface area (Å²) in [7, 11) is 1.60. The number of benzene rings is 1. The van der Waals surface area contributed by atoms with Crippen molar-refractivity contribution in [3.05, 3.63) is 27.8 Å². The van der Waals surface area contributed by atoms with Crippen LogP contribution in [0.25, 0.3) is 0 Å². The molecule has 1 unspecified atom stereocenters. The Hall–Kier alpha value is -2.64. The number of hydrogen-bond donors (Lipinski definition) is 2. The number of nitro groups is 1. The van der Waals surface area contributed by atoms with E-state index in [4.69, 9.17) is 5.11 Å². The molecule has 118 valence electrons. The Balaban J connectivity index is 2.40. The molecule has 1 aliphatic heterocycles. The van der Waals surface area contributed by atoms with Gasteiger partial charge in [0.1, 0.15) is 5.69 Å². The summed E-state index contributed by atoms with van der Waals surface area (Å²) >= 11 is 0. The average Bonchev–Trinajstić information content (AvgIpc) is 2.45. The fourth-order valence-corrected chi connectivity index (χ4v) is 2.44. The standard InChI is InChI=1S/C14H17N3O5/c1-8(14(19)20)7-16(2)11-6-10-9(3-4-13(18)15-10)5-12(11)17(21)22/h5-6,8H,3-4,7H2,1-2H3,(H,15,18)(H,19,20). The van der Waals surface area contributed by atoms with Gasteiger partial charge in [0.2, 0.25) is 5.91 Å². The molecule has 1 atom stereocenters. The Morgan fingerprint density at radius 1 is 1.50 bits per heavy atom. The molecule has 1 aromatic carbocycles. The second-order valence-corrected chi connectivity index (χ2v) is 5.42. The van der Waals surface area contributed by atoms with Crippen LogP contribution in [0.5, 0.6) is 0 Å². The van der Waals surface area contributed by atoms with Gasteiger partial charge < -0.3 is 15.3 Å². The first-order valence-electron chi connectivity index (χ1n) is 6.84. The zero-order chi connectivity index (χ0) is 16.4. The number of anilines is 2. The lowest BCUT2D eigenvalue weighted by Gasteiger charge is -2.24. The van der Waals surface area contributed by atoms with Gasteiger partial charge in [-0.15, -0.1) is 0 Å². The number of carbonyl (C=O) groups is 2. The highest BCUT2D eigenvalue weighted by atomic mass is 16.6. The quantitative estimate of drug-likeness (QED) is 0.631. The second kappa shape index (κ2) is 6.00. The molecular weight excluding hydrogens is 290 g/mol. The first kappa shape index (κ1) is 15.7. The van der Waals surface area contributed by atoms with Crippen LogP contribution in [-0.2, 0) is 16.0 Å². The molecule has 0 aromatic heterocycles. The Morgan fingerprint density at radius 3 is 2.77 bits per heavy atom. The summed E-state index contributed by atoms with van der Waals surface area (Å²) in [5.41, 5.74) is 1.47. The molecule has 1 heterocycles. The summed E-state index contributed by atoms with van der Waals surface area (Å²) in [6.07, 6.45) is 0.757. The number of nitrogens with one attached hydrogen (secondary N) is 1. The van der Waals surface area contributed by atoms with Crippen LogP contribution >= 0.6 is 0 Å². The maximum absolute atomic E-state index is 11.5. The summed E-state index contributed by atoms with van der Waals surface area (Å²) in [5.74, 6) is -1.77. The van der Waals surface area contributed by atoms with E-state index in [2.05, 4.69) is 5.32 Å². The molecule has 0 radical (unpaired) electrons. The highest BCUT2D eigenvalue weighted by molar-refractivity contribution is 5.95. The number of amides is 1. The zero-order valence-corrected chi connectivity index (χ0v) is 12.3. The topological polar surface area (TPSA) is 113 Å². The summed E-state index contributed by atoms with van der Waals surface area (Å²) in [6.45, 7) is 1.66. The molecule has 0 bridgehead atoms. The van der Waals surface area contributed by atoms with E-state index in [0.717, 1.165) is 5.56 Å². The van der Waals surface area contributed by atoms with E-state index in [1.54, 1.807) is 13.1 Å². The molecule has 0 saturated heterocycles. The van der Waals surface area contributed by atoms with E-state index in [-0.39, 0.29) is 18.1 Å². The fourth-order valence-electron chi connectivity index (χ4n) is 2.44. The maximum atomic E-state index is 11.5. The molecule has 8 nitrogen and oxygen atoms in total. The number of carbonyl (C=O) groups excluding carboxylic acids is 1. The van der Waals surface area contributed by atoms with Gasteiger partial charge in [-0.3, -0.25) is 19.7 Å². The Bertz CT molecular complexity index is 644. The number of nitrogens with zero attached hydrogens (tertiary/aromatic N) is 2. The minimum atomic E-state index is -0.972. The molecule has 1 amide bonds. The van der Waals surface area contributed by atoms with Crippen LogP contribution in [-0.4, -0.2) is 35.5 Å². The summed E-state index contributed by atoms with van der Waals surface area (Å²) in [4.78, 5) is 34.7. The zero-order valence-electron chi connectivity index (χ0n) is 12.3. The van der Waals surface area contributed by atoms with Gasteiger partial charge in [-0.05, 0) is 18.1 Å². The summed E-state index contributed by atoms with van der Waals surface area (Å²) < 4.78 is 0. The van der Waals surface area contributed by atoms with E-state index >= 15 is 0 Å². The number of aliphatic carboxylic acids is 1. The molecule has 2 N–H and O–H groups in total. The van der Waals surface area contributed by atoms with E-state index < -0.39 is 16.8 Å².